The molecular weight excluding hydrogens is 422 g/mol. The largest absolute Gasteiger partial charge is 0.288 e. The summed E-state index contributed by atoms with van der Waals surface area (Å²) >= 11 is 3.12. The third-order valence-electron chi connectivity index (χ3n) is 5.15. The van der Waals surface area contributed by atoms with Crippen molar-refractivity contribution in [3.8, 4) is 27.9 Å². The number of thiophene rings is 2. The molecule has 0 unspecified atom stereocenters. The highest BCUT2D eigenvalue weighted by molar-refractivity contribution is 7.18. The quantitative estimate of drug-likeness (QED) is 0.341. The van der Waals surface area contributed by atoms with Crippen LogP contribution in [0, 0.1) is 18.3 Å². The zero-order valence-electron chi connectivity index (χ0n) is 16.7. The lowest BCUT2D eigenvalue weighted by molar-refractivity contribution is 0.760. The molecule has 0 bridgehead atoms. The highest BCUT2D eigenvalue weighted by atomic mass is 32.1. The molecular formula is C25H17N3OS2. The van der Waals surface area contributed by atoms with Gasteiger partial charge in [0.15, 0.2) is 0 Å². The van der Waals surface area contributed by atoms with Crippen LogP contribution in [-0.2, 0) is 6.54 Å². The summed E-state index contributed by atoms with van der Waals surface area (Å²) < 4.78 is 1.73. The molecule has 0 aliphatic carbocycles. The molecule has 6 heteroatoms. The van der Waals surface area contributed by atoms with Gasteiger partial charge in [0, 0.05) is 21.4 Å². The Kier molecular flexibility index (Phi) is 4.99. The molecule has 0 fully saturated rings. The van der Waals surface area contributed by atoms with Crippen LogP contribution in [0.4, 0.5) is 0 Å². The van der Waals surface area contributed by atoms with E-state index in [0.717, 1.165) is 32.0 Å². The molecule has 0 spiro atoms. The maximum absolute atomic E-state index is 13.8. The van der Waals surface area contributed by atoms with Crippen LogP contribution in [-0.4, -0.2) is 9.55 Å². The number of hydrogen-bond acceptors (Lipinski definition) is 5. The second kappa shape index (κ2) is 7.95. The Bertz CT molecular complexity index is 1500. The third-order valence-corrected chi connectivity index (χ3v) is 6.93. The van der Waals surface area contributed by atoms with Crippen LogP contribution in [0.5, 0.6) is 0 Å². The van der Waals surface area contributed by atoms with E-state index in [4.69, 9.17) is 4.98 Å². The number of nitriles is 1. The second-order valence-corrected chi connectivity index (χ2v) is 9.12. The number of aryl methyl sites for hydroxylation is 1. The van der Waals surface area contributed by atoms with E-state index in [2.05, 4.69) is 6.07 Å². The van der Waals surface area contributed by atoms with Gasteiger partial charge in [-0.15, -0.1) is 22.7 Å². The molecule has 5 rings (SSSR count). The molecule has 0 saturated carbocycles. The van der Waals surface area contributed by atoms with Crippen molar-refractivity contribution in [1.29, 1.82) is 5.26 Å². The highest BCUT2D eigenvalue weighted by Crippen LogP contribution is 2.35. The van der Waals surface area contributed by atoms with E-state index in [0.29, 0.717) is 23.3 Å². The van der Waals surface area contributed by atoms with E-state index >= 15 is 0 Å². The molecule has 0 saturated heterocycles. The van der Waals surface area contributed by atoms with Crippen LogP contribution in [0.15, 0.2) is 76.2 Å². The van der Waals surface area contributed by atoms with Crippen LogP contribution in [0.25, 0.3) is 32.0 Å². The summed E-state index contributed by atoms with van der Waals surface area (Å²) in [5.41, 5.74) is 4.35. The van der Waals surface area contributed by atoms with Crippen LogP contribution < -0.4 is 5.56 Å². The first kappa shape index (κ1) is 19.4. The van der Waals surface area contributed by atoms with Crippen molar-refractivity contribution < 1.29 is 0 Å². The molecule has 0 aliphatic heterocycles. The fraction of sp³-hybridized carbons (Fsp3) is 0.0800. The normalized spacial score (nSPS) is 11.0. The number of aromatic nitrogens is 2. The smallest absolute Gasteiger partial charge is 0.263 e. The van der Waals surface area contributed by atoms with E-state index < -0.39 is 0 Å². The Balaban J connectivity index is 1.77. The van der Waals surface area contributed by atoms with Gasteiger partial charge in [0.1, 0.15) is 10.7 Å². The molecule has 3 heterocycles. The van der Waals surface area contributed by atoms with E-state index in [1.54, 1.807) is 22.0 Å². The van der Waals surface area contributed by atoms with Gasteiger partial charge in [-0.2, -0.15) is 5.26 Å². The third kappa shape index (κ3) is 3.59. The Morgan fingerprint density at radius 1 is 1.06 bits per heavy atom. The maximum Gasteiger partial charge on any atom is 0.263 e. The fourth-order valence-electron chi connectivity index (χ4n) is 3.71. The SMILES string of the molecule is Cc1cccc(-c2nc3scc(-c4cccs4)c3c(=O)n2Cc2cccc(C#N)c2)c1. The van der Waals surface area contributed by atoms with Crippen molar-refractivity contribution in [3.05, 3.63) is 98.5 Å². The maximum atomic E-state index is 13.8. The first-order valence-electron chi connectivity index (χ1n) is 9.76. The van der Waals surface area contributed by atoms with Gasteiger partial charge >= 0.3 is 0 Å². The number of rotatable bonds is 4. The summed E-state index contributed by atoms with van der Waals surface area (Å²) in [5, 5.41) is 14.0. The van der Waals surface area contributed by atoms with E-state index in [-0.39, 0.29) is 5.56 Å². The van der Waals surface area contributed by atoms with Gasteiger partial charge in [-0.1, -0.05) is 42.0 Å². The summed E-state index contributed by atoms with van der Waals surface area (Å²) in [4.78, 5) is 20.6. The van der Waals surface area contributed by atoms with Gasteiger partial charge in [0.2, 0.25) is 0 Å². The molecule has 31 heavy (non-hydrogen) atoms. The molecule has 0 N–H and O–H groups in total. The zero-order valence-corrected chi connectivity index (χ0v) is 18.3. The fourth-order valence-corrected chi connectivity index (χ4v) is 5.46. The minimum Gasteiger partial charge on any atom is -0.288 e. The summed E-state index contributed by atoms with van der Waals surface area (Å²) in [6, 6.07) is 21.6. The lowest BCUT2D eigenvalue weighted by atomic mass is 10.1. The molecule has 2 aromatic carbocycles. The highest BCUT2D eigenvalue weighted by Gasteiger charge is 2.19. The molecule has 0 atom stereocenters. The minimum atomic E-state index is -0.0616. The predicted molar refractivity (Wildman–Crippen MR) is 128 cm³/mol. The Hall–Kier alpha value is -3.53. The predicted octanol–water partition coefficient (Wildman–Crippen LogP) is 6.08. The van der Waals surface area contributed by atoms with Crippen LogP contribution >= 0.6 is 22.7 Å². The molecule has 3 aromatic heterocycles. The van der Waals surface area contributed by atoms with Gasteiger partial charge < -0.3 is 0 Å². The Morgan fingerprint density at radius 3 is 2.71 bits per heavy atom. The van der Waals surface area contributed by atoms with E-state index in [1.807, 2.05) is 72.3 Å². The van der Waals surface area contributed by atoms with Gasteiger partial charge in [-0.25, -0.2) is 4.98 Å². The van der Waals surface area contributed by atoms with Crippen molar-refractivity contribution in [2.24, 2.45) is 0 Å². The number of hydrogen-bond donors (Lipinski definition) is 0. The topological polar surface area (TPSA) is 58.7 Å². The van der Waals surface area contributed by atoms with Gasteiger partial charge in [0.05, 0.1) is 23.6 Å². The zero-order chi connectivity index (χ0) is 21.4. The van der Waals surface area contributed by atoms with Crippen LogP contribution in [0.1, 0.15) is 16.7 Å². The van der Waals surface area contributed by atoms with Crippen LogP contribution in [0.2, 0.25) is 0 Å². The number of nitrogens with zero attached hydrogens (tertiary/aromatic N) is 3. The Labute approximate surface area is 187 Å². The number of fused-ring (bicyclic) bond motifs is 1. The van der Waals surface area contributed by atoms with Gasteiger partial charge in [0.25, 0.3) is 5.56 Å². The molecule has 4 nitrogen and oxygen atoms in total. The summed E-state index contributed by atoms with van der Waals surface area (Å²) in [6.07, 6.45) is 0. The molecule has 0 radical (unpaired) electrons. The molecule has 150 valence electrons. The molecule has 5 aromatic rings. The standard InChI is InChI=1S/C25H17N3OS2/c1-16-5-2-8-19(11-16)23-27-24-22(20(15-31-24)21-9-4-10-30-21)25(29)28(23)14-18-7-3-6-17(12-18)13-26/h2-12,15H,14H2,1H3. The van der Waals surface area contributed by atoms with E-state index in [1.165, 1.54) is 11.3 Å². The summed E-state index contributed by atoms with van der Waals surface area (Å²) in [7, 11) is 0. The van der Waals surface area contributed by atoms with E-state index in [9.17, 15) is 10.1 Å². The average Bonchev–Trinajstić information content (AvgIpc) is 3.45. The molecule has 0 aliphatic rings. The first-order chi connectivity index (χ1) is 15.1. The monoisotopic (exact) mass is 439 g/mol. The van der Waals surface area contributed by atoms with Crippen molar-refractivity contribution in [2.75, 3.05) is 0 Å². The van der Waals surface area contributed by atoms with Crippen LogP contribution in [0.3, 0.4) is 0 Å². The minimum absolute atomic E-state index is 0.0616. The lowest BCUT2D eigenvalue weighted by Gasteiger charge is -2.14. The second-order valence-electron chi connectivity index (χ2n) is 7.32. The van der Waals surface area contributed by atoms with Crippen molar-refractivity contribution in [2.45, 2.75) is 13.5 Å². The van der Waals surface area contributed by atoms with Crippen molar-refractivity contribution in [3.63, 3.8) is 0 Å². The lowest BCUT2D eigenvalue weighted by Crippen LogP contribution is -2.24. The first-order valence-corrected chi connectivity index (χ1v) is 11.5. The van der Waals surface area contributed by atoms with Gasteiger partial charge in [-0.3, -0.25) is 9.36 Å². The summed E-state index contributed by atoms with van der Waals surface area (Å²) in [5.74, 6) is 0.642. The van der Waals surface area contributed by atoms with Crippen molar-refractivity contribution >= 4 is 32.9 Å². The number of benzene rings is 2. The molecule has 0 amide bonds. The average molecular weight is 440 g/mol. The summed E-state index contributed by atoms with van der Waals surface area (Å²) in [6.45, 7) is 2.38. The van der Waals surface area contributed by atoms with Gasteiger partial charge in [-0.05, 0) is 42.1 Å². The Morgan fingerprint density at radius 2 is 1.94 bits per heavy atom. The van der Waals surface area contributed by atoms with Crippen molar-refractivity contribution in [1.82, 2.24) is 9.55 Å².